The number of benzene rings is 1. The van der Waals surface area contributed by atoms with Gasteiger partial charge in [-0.2, -0.15) is 0 Å². The molecular weight excluding hydrogens is 278 g/mol. The molecule has 7 nitrogen and oxygen atoms in total. The highest BCUT2D eigenvalue weighted by Crippen LogP contribution is 2.25. The predicted molar refractivity (Wildman–Crippen MR) is 72.9 cm³/mol. The first-order valence-electron chi connectivity index (χ1n) is 6.12. The summed E-state index contributed by atoms with van der Waals surface area (Å²) in [4.78, 5) is 33.9. The number of methoxy groups -OCH3 is 1. The van der Waals surface area contributed by atoms with Crippen LogP contribution in [0.5, 0.6) is 5.75 Å². The summed E-state index contributed by atoms with van der Waals surface area (Å²) < 4.78 is 6.08. The van der Waals surface area contributed by atoms with E-state index in [1.54, 1.807) is 18.2 Å². The molecule has 21 heavy (non-hydrogen) atoms. The van der Waals surface area contributed by atoms with Gasteiger partial charge in [0.15, 0.2) is 0 Å². The van der Waals surface area contributed by atoms with E-state index in [0.29, 0.717) is 16.7 Å². The second-order valence-electron chi connectivity index (χ2n) is 4.38. The van der Waals surface area contributed by atoms with Crippen LogP contribution < -0.4 is 4.74 Å². The summed E-state index contributed by atoms with van der Waals surface area (Å²) >= 11 is 0. The van der Waals surface area contributed by atoms with Crippen molar-refractivity contribution in [1.29, 1.82) is 0 Å². The van der Waals surface area contributed by atoms with Crippen molar-refractivity contribution in [1.82, 2.24) is 4.57 Å². The highest BCUT2D eigenvalue weighted by atomic mass is 16.5. The average Bonchev–Trinajstić information content (AvgIpc) is 2.83. The third-order valence-electron chi connectivity index (χ3n) is 3.03. The number of ether oxygens (including phenoxy) is 1. The summed E-state index contributed by atoms with van der Waals surface area (Å²) in [6.45, 7) is 0. The van der Waals surface area contributed by atoms with E-state index in [2.05, 4.69) is 0 Å². The Morgan fingerprint density at radius 3 is 2.43 bits per heavy atom. The van der Waals surface area contributed by atoms with E-state index in [4.69, 9.17) is 9.84 Å². The summed E-state index contributed by atoms with van der Waals surface area (Å²) in [5, 5.41) is 18.4. The number of hydrogen-bond donors (Lipinski definition) is 2. The molecule has 0 bridgehead atoms. The molecule has 0 saturated carbocycles. The number of nitrogens with zero attached hydrogens (tertiary/aromatic N) is 1. The number of aliphatic carboxylic acids is 1. The van der Waals surface area contributed by atoms with Gasteiger partial charge in [-0.05, 0) is 24.3 Å². The highest BCUT2D eigenvalue weighted by Gasteiger charge is 2.20. The van der Waals surface area contributed by atoms with Gasteiger partial charge in [0, 0.05) is 11.8 Å². The molecule has 7 heteroatoms. The number of aromatic nitrogens is 1. The first-order chi connectivity index (χ1) is 9.93. The molecule has 0 fully saturated rings. The summed E-state index contributed by atoms with van der Waals surface area (Å²) in [5.74, 6) is -2.41. The second kappa shape index (κ2) is 5.66. The number of carboxylic acid groups (broad SMARTS) is 2. The van der Waals surface area contributed by atoms with Crippen LogP contribution in [0.3, 0.4) is 0 Å². The highest BCUT2D eigenvalue weighted by molar-refractivity contribution is 6.03. The molecule has 0 unspecified atom stereocenters. The van der Waals surface area contributed by atoms with Crippen LogP contribution in [0.2, 0.25) is 0 Å². The van der Waals surface area contributed by atoms with Gasteiger partial charge in [0.2, 0.25) is 5.91 Å². The zero-order valence-corrected chi connectivity index (χ0v) is 11.2. The monoisotopic (exact) mass is 291 g/mol. The van der Waals surface area contributed by atoms with Gasteiger partial charge in [0.05, 0.1) is 19.0 Å². The average molecular weight is 291 g/mol. The molecule has 2 N–H and O–H groups in total. The first kappa shape index (κ1) is 14.6. The number of fused-ring (bicyclic) bond motifs is 1. The number of hydrogen-bond acceptors (Lipinski definition) is 4. The fraction of sp³-hybridized carbons (Fsp3) is 0.214. The van der Waals surface area contributed by atoms with Gasteiger partial charge in [0.25, 0.3) is 0 Å². The third-order valence-corrected chi connectivity index (χ3v) is 3.03. The molecule has 0 aliphatic rings. The zero-order chi connectivity index (χ0) is 15.6. The molecule has 0 atom stereocenters. The molecule has 0 spiro atoms. The van der Waals surface area contributed by atoms with Crippen LogP contribution in [0.4, 0.5) is 0 Å². The quantitative estimate of drug-likeness (QED) is 0.870. The molecule has 0 amide bonds. The Morgan fingerprint density at radius 1 is 1.14 bits per heavy atom. The lowest BCUT2D eigenvalue weighted by Crippen LogP contribution is -2.17. The molecule has 0 radical (unpaired) electrons. The fourth-order valence-corrected chi connectivity index (χ4v) is 2.07. The van der Waals surface area contributed by atoms with Crippen LogP contribution in [0, 0.1) is 0 Å². The Bertz CT molecular complexity index is 730. The third kappa shape index (κ3) is 2.86. The maximum absolute atomic E-state index is 12.1. The maximum atomic E-state index is 12.1. The lowest BCUT2D eigenvalue weighted by molar-refractivity contribution is -0.137. The standard InChI is InChI=1S/C14H13NO6/c1-21-9-2-3-10-8(6-9)7-11(14(19)20)15(10)12(16)4-5-13(17)18/h2-3,6-7H,4-5H2,1H3,(H,17,18)(H,19,20). The summed E-state index contributed by atoms with van der Waals surface area (Å²) in [6.07, 6.45) is -0.626. The van der Waals surface area contributed by atoms with Crippen LogP contribution in [-0.2, 0) is 4.79 Å². The molecule has 1 aromatic carbocycles. The topological polar surface area (TPSA) is 106 Å². The smallest absolute Gasteiger partial charge is 0.352 e. The molecule has 110 valence electrons. The van der Waals surface area contributed by atoms with Crippen LogP contribution in [0.25, 0.3) is 10.9 Å². The minimum absolute atomic E-state index is 0.200. The van der Waals surface area contributed by atoms with Gasteiger partial charge in [-0.25, -0.2) is 4.79 Å². The van der Waals surface area contributed by atoms with Crippen molar-refractivity contribution in [2.45, 2.75) is 12.8 Å². The SMILES string of the molecule is COc1ccc2c(c1)cc(C(=O)O)n2C(=O)CCC(=O)O. The van der Waals surface area contributed by atoms with Crippen molar-refractivity contribution >= 4 is 28.7 Å². The van der Waals surface area contributed by atoms with Crippen molar-refractivity contribution in [3.05, 3.63) is 30.0 Å². The predicted octanol–water partition coefficient (Wildman–Crippen LogP) is 1.85. The molecule has 2 aromatic rings. The summed E-state index contributed by atoms with van der Waals surface area (Å²) in [6, 6.07) is 6.15. The lowest BCUT2D eigenvalue weighted by atomic mass is 10.2. The summed E-state index contributed by atoms with van der Waals surface area (Å²) in [7, 11) is 1.48. The fourth-order valence-electron chi connectivity index (χ4n) is 2.07. The Morgan fingerprint density at radius 2 is 1.86 bits per heavy atom. The molecule has 0 saturated heterocycles. The molecule has 1 aromatic heterocycles. The minimum Gasteiger partial charge on any atom is -0.497 e. The number of aromatic carboxylic acids is 1. The molecule has 0 aliphatic carbocycles. The number of rotatable bonds is 5. The first-order valence-corrected chi connectivity index (χ1v) is 6.12. The molecule has 2 rings (SSSR count). The van der Waals surface area contributed by atoms with Gasteiger partial charge < -0.3 is 14.9 Å². The van der Waals surface area contributed by atoms with Crippen molar-refractivity contribution in [2.75, 3.05) is 7.11 Å². The normalized spacial score (nSPS) is 10.5. The van der Waals surface area contributed by atoms with E-state index in [-0.39, 0.29) is 18.5 Å². The Hall–Kier alpha value is -2.83. The van der Waals surface area contributed by atoms with Crippen molar-refractivity contribution in [3.63, 3.8) is 0 Å². The molecular formula is C14H13NO6. The van der Waals surface area contributed by atoms with Crippen molar-refractivity contribution < 1.29 is 29.3 Å². The van der Waals surface area contributed by atoms with E-state index in [0.717, 1.165) is 4.57 Å². The van der Waals surface area contributed by atoms with Gasteiger partial charge in [0.1, 0.15) is 11.4 Å². The number of carbonyl (C=O) groups is 3. The van der Waals surface area contributed by atoms with E-state index in [9.17, 15) is 19.5 Å². The number of carboxylic acids is 2. The minimum atomic E-state index is -1.26. The van der Waals surface area contributed by atoms with Crippen LogP contribution in [0.15, 0.2) is 24.3 Å². The van der Waals surface area contributed by atoms with Crippen molar-refractivity contribution in [3.8, 4) is 5.75 Å². The van der Waals surface area contributed by atoms with Gasteiger partial charge in [-0.15, -0.1) is 0 Å². The lowest BCUT2D eigenvalue weighted by Gasteiger charge is -2.06. The molecule has 1 heterocycles. The van der Waals surface area contributed by atoms with Crippen LogP contribution >= 0.6 is 0 Å². The largest absolute Gasteiger partial charge is 0.497 e. The Kier molecular flexibility index (Phi) is 3.93. The van der Waals surface area contributed by atoms with E-state index >= 15 is 0 Å². The van der Waals surface area contributed by atoms with E-state index < -0.39 is 17.8 Å². The second-order valence-corrected chi connectivity index (χ2v) is 4.38. The van der Waals surface area contributed by atoms with E-state index in [1.807, 2.05) is 0 Å². The Labute approximate surface area is 119 Å². The van der Waals surface area contributed by atoms with Gasteiger partial charge in [-0.1, -0.05) is 0 Å². The Balaban J connectivity index is 2.53. The van der Waals surface area contributed by atoms with Crippen LogP contribution in [0.1, 0.15) is 28.1 Å². The van der Waals surface area contributed by atoms with Crippen molar-refractivity contribution in [2.24, 2.45) is 0 Å². The number of carbonyl (C=O) groups excluding carboxylic acids is 1. The molecule has 0 aliphatic heterocycles. The van der Waals surface area contributed by atoms with E-state index in [1.165, 1.54) is 13.2 Å². The van der Waals surface area contributed by atoms with Gasteiger partial charge >= 0.3 is 11.9 Å². The van der Waals surface area contributed by atoms with Crippen LogP contribution in [-0.4, -0.2) is 39.7 Å². The summed E-state index contributed by atoms with van der Waals surface area (Å²) in [5.41, 5.74) is 0.206. The van der Waals surface area contributed by atoms with Gasteiger partial charge in [-0.3, -0.25) is 14.2 Å². The zero-order valence-electron chi connectivity index (χ0n) is 11.2. The maximum Gasteiger partial charge on any atom is 0.352 e.